The van der Waals surface area contributed by atoms with Gasteiger partial charge in [0, 0.05) is 5.56 Å². The van der Waals surface area contributed by atoms with Gasteiger partial charge in [0.15, 0.2) is 11.5 Å². The van der Waals surface area contributed by atoms with Gasteiger partial charge in [-0.15, -0.1) is 0 Å². The van der Waals surface area contributed by atoms with Crippen LogP contribution < -0.4 is 18.9 Å². The van der Waals surface area contributed by atoms with Gasteiger partial charge < -0.3 is 18.9 Å². The van der Waals surface area contributed by atoms with Crippen LogP contribution in [0.3, 0.4) is 0 Å². The van der Waals surface area contributed by atoms with Gasteiger partial charge in [-0.1, -0.05) is 122 Å². The van der Waals surface area contributed by atoms with E-state index < -0.39 is 0 Å². The predicted octanol–water partition coefficient (Wildman–Crippen LogP) is 13.0. The molecule has 3 rings (SSSR count). The van der Waals surface area contributed by atoms with Gasteiger partial charge in [0.2, 0.25) is 0 Å². The van der Waals surface area contributed by atoms with Crippen LogP contribution in [0.1, 0.15) is 110 Å². The Morgan fingerprint density at radius 1 is 0.592 bits per heavy atom. The third-order valence-corrected chi connectivity index (χ3v) is 8.17. The Morgan fingerprint density at radius 2 is 1.24 bits per heavy atom. The largest absolute Gasteiger partial charge is 0.496 e. The maximum Gasteiger partial charge on any atom is 0.161 e. The zero-order valence-corrected chi connectivity index (χ0v) is 32.8. The molecule has 0 aliphatic heterocycles. The average molecular weight is 671 g/mol. The molecule has 4 heteroatoms. The van der Waals surface area contributed by atoms with Crippen molar-refractivity contribution in [2.45, 2.75) is 102 Å². The van der Waals surface area contributed by atoms with Gasteiger partial charge in [-0.2, -0.15) is 0 Å². The Bertz CT molecular complexity index is 1450. The molecule has 270 valence electrons. The Hall–Kier alpha value is -3.66. The molecule has 1 unspecified atom stereocenters. The van der Waals surface area contributed by atoms with E-state index in [1.807, 2.05) is 26.0 Å². The summed E-state index contributed by atoms with van der Waals surface area (Å²) in [6.45, 7) is 25.9. The second-order valence-corrected chi connectivity index (χ2v) is 14.6. The molecule has 0 heterocycles. The van der Waals surface area contributed by atoms with Crippen LogP contribution in [0, 0.1) is 37.5 Å². The van der Waals surface area contributed by atoms with E-state index >= 15 is 0 Å². The summed E-state index contributed by atoms with van der Waals surface area (Å²) in [6, 6.07) is 17.0. The highest BCUT2D eigenvalue weighted by Crippen LogP contribution is 2.36. The minimum atomic E-state index is 0.467. The zero-order chi connectivity index (χ0) is 36.3. The molecule has 0 spiro atoms. The highest BCUT2D eigenvalue weighted by atomic mass is 16.5. The fourth-order valence-corrected chi connectivity index (χ4v) is 5.39. The maximum absolute atomic E-state index is 6.08. The van der Waals surface area contributed by atoms with Crippen LogP contribution in [-0.4, -0.2) is 26.9 Å². The molecule has 0 fully saturated rings. The maximum atomic E-state index is 6.08. The normalized spacial score (nSPS) is 12.1. The van der Waals surface area contributed by atoms with Crippen molar-refractivity contribution < 1.29 is 18.9 Å². The number of hydrogen-bond acceptors (Lipinski definition) is 4. The number of hydrogen-bond donors (Lipinski definition) is 0. The number of ether oxygens (including phenoxy) is 4. The number of aryl methyl sites for hydroxylation is 2. The molecule has 4 nitrogen and oxygen atoms in total. The molecular weight excluding hydrogens is 604 g/mol. The highest BCUT2D eigenvalue weighted by molar-refractivity contribution is 5.77. The fraction of sp³-hybridized carbons (Fsp3) is 0.511. The van der Waals surface area contributed by atoms with E-state index in [-0.39, 0.29) is 0 Å². The minimum absolute atomic E-state index is 0.467. The van der Waals surface area contributed by atoms with E-state index in [1.165, 1.54) is 36.0 Å². The number of methoxy groups -OCH3 is 1. The molecule has 3 aromatic carbocycles. The second-order valence-electron chi connectivity index (χ2n) is 14.6. The lowest BCUT2D eigenvalue weighted by molar-refractivity contribution is 0.229. The van der Waals surface area contributed by atoms with Gasteiger partial charge in [0.25, 0.3) is 0 Å². The van der Waals surface area contributed by atoms with E-state index in [0.29, 0.717) is 25.0 Å². The monoisotopic (exact) mass is 670 g/mol. The average Bonchev–Trinajstić information content (AvgIpc) is 3.05. The van der Waals surface area contributed by atoms with Gasteiger partial charge in [0.05, 0.1) is 26.9 Å². The van der Waals surface area contributed by atoms with Crippen LogP contribution in [0.2, 0.25) is 0 Å². The Kier molecular flexibility index (Phi) is 18.8. The lowest BCUT2D eigenvalue weighted by atomic mass is 9.97. The number of allylic oxidation sites excluding steroid dienone is 2. The van der Waals surface area contributed by atoms with E-state index in [0.717, 1.165) is 64.6 Å². The quantitative estimate of drug-likeness (QED) is 0.135. The summed E-state index contributed by atoms with van der Waals surface area (Å²) in [6.07, 6.45) is 13.4. The van der Waals surface area contributed by atoms with Crippen molar-refractivity contribution in [2.75, 3.05) is 26.9 Å². The first-order valence-electron chi connectivity index (χ1n) is 18.5. The van der Waals surface area contributed by atoms with Crippen LogP contribution in [0.5, 0.6) is 23.0 Å². The molecular formula is C45H66O4. The Labute approximate surface area is 299 Å². The van der Waals surface area contributed by atoms with Crippen molar-refractivity contribution >= 4 is 12.2 Å². The van der Waals surface area contributed by atoms with Crippen molar-refractivity contribution in [3.8, 4) is 34.1 Å². The first kappa shape index (κ1) is 41.5. The van der Waals surface area contributed by atoms with Crippen molar-refractivity contribution in [1.29, 1.82) is 0 Å². The molecule has 0 radical (unpaired) electrons. The Balaban J connectivity index is 0.000000343. The van der Waals surface area contributed by atoms with Crippen LogP contribution in [-0.2, 0) is 0 Å². The first-order valence-corrected chi connectivity index (χ1v) is 18.5. The van der Waals surface area contributed by atoms with Gasteiger partial charge in [-0.3, -0.25) is 0 Å². The summed E-state index contributed by atoms with van der Waals surface area (Å²) in [5.41, 5.74) is 7.02. The molecule has 49 heavy (non-hydrogen) atoms. The topological polar surface area (TPSA) is 36.9 Å². The molecule has 0 amide bonds. The number of benzene rings is 3. The van der Waals surface area contributed by atoms with Crippen LogP contribution in [0.4, 0.5) is 0 Å². The summed E-state index contributed by atoms with van der Waals surface area (Å²) >= 11 is 0. The molecule has 0 aromatic heterocycles. The smallest absolute Gasteiger partial charge is 0.161 e. The lowest BCUT2D eigenvalue weighted by Gasteiger charge is -2.17. The molecule has 3 aromatic rings. The molecule has 0 N–H and O–H groups in total. The van der Waals surface area contributed by atoms with Crippen molar-refractivity contribution in [2.24, 2.45) is 23.7 Å². The van der Waals surface area contributed by atoms with Crippen LogP contribution >= 0.6 is 0 Å². The van der Waals surface area contributed by atoms with Crippen molar-refractivity contribution in [3.05, 3.63) is 82.9 Å². The molecule has 0 saturated heterocycles. The van der Waals surface area contributed by atoms with Crippen LogP contribution in [0.25, 0.3) is 23.3 Å². The first-order chi connectivity index (χ1) is 23.4. The van der Waals surface area contributed by atoms with Crippen LogP contribution in [0.15, 0.2) is 60.7 Å². The third kappa shape index (κ3) is 15.2. The van der Waals surface area contributed by atoms with Gasteiger partial charge in [-0.25, -0.2) is 0 Å². The molecule has 1 atom stereocenters. The summed E-state index contributed by atoms with van der Waals surface area (Å²) in [5, 5.41) is 0. The van der Waals surface area contributed by atoms with E-state index in [9.17, 15) is 0 Å². The molecule has 0 bridgehead atoms. The molecule has 0 aliphatic carbocycles. The SMILES string of the molecule is C/C=C/c1cc(OC)c(C)cc1OCCC(C)CCCC(C)C.C/C=C/c1ccc(C)cc1-c1ccc(OCC(C)C)c(OCC(C)C)c1. The van der Waals surface area contributed by atoms with E-state index in [1.54, 1.807) is 7.11 Å². The van der Waals surface area contributed by atoms with Gasteiger partial charge >= 0.3 is 0 Å². The summed E-state index contributed by atoms with van der Waals surface area (Å²) in [4.78, 5) is 0. The predicted molar refractivity (Wildman–Crippen MR) is 212 cm³/mol. The summed E-state index contributed by atoms with van der Waals surface area (Å²) in [7, 11) is 1.71. The van der Waals surface area contributed by atoms with E-state index in [2.05, 4.69) is 123 Å². The van der Waals surface area contributed by atoms with E-state index in [4.69, 9.17) is 18.9 Å². The fourth-order valence-electron chi connectivity index (χ4n) is 5.39. The Morgan fingerprint density at radius 3 is 1.86 bits per heavy atom. The highest BCUT2D eigenvalue weighted by Gasteiger charge is 2.13. The number of rotatable bonds is 18. The van der Waals surface area contributed by atoms with Crippen molar-refractivity contribution in [1.82, 2.24) is 0 Å². The van der Waals surface area contributed by atoms with Gasteiger partial charge in [-0.05, 0) is 104 Å². The summed E-state index contributed by atoms with van der Waals surface area (Å²) in [5.74, 6) is 5.98. The van der Waals surface area contributed by atoms with Gasteiger partial charge in [0.1, 0.15) is 11.5 Å². The second kappa shape index (κ2) is 22.1. The molecule has 0 saturated carbocycles. The standard InChI is InChI=1S/C24H32O2.C21H34O2/c1-7-8-20-10-9-19(6)13-22(20)21-11-12-23(25-15-17(2)3)24(14-21)26-16-18(4)5;1-7-9-19-15-20(22-6)18(5)14-21(19)23-13-12-17(4)11-8-10-16(2)3/h7-14,17-18H,15-16H2,1-6H3;7,9,14-17H,8,10-13H2,1-6H3/b8-7+;9-7+. The third-order valence-electron chi connectivity index (χ3n) is 8.17. The minimum Gasteiger partial charge on any atom is -0.496 e. The van der Waals surface area contributed by atoms with Crippen molar-refractivity contribution in [3.63, 3.8) is 0 Å². The summed E-state index contributed by atoms with van der Waals surface area (Å²) < 4.78 is 23.5. The zero-order valence-electron chi connectivity index (χ0n) is 32.8. The molecule has 0 aliphatic rings. The lowest BCUT2D eigenvalue weighted by Crippen LogP contribution is -2.09.